The molecule has 0 amide bonds. The monoisotopic (exact) mass is 180 g/mol. The highest BCUT2D eigenvalue weighted by Gasteiger charge is 2.27. The van der Waals surface area contributed by atoms with Crippen molar-refractivity contribution >= 4 is 23.6 Å². The fourth-order valence-electron chi connectivity index (χ4n) is 1.17. The predicted octanol–water partition coefficient (Wildman–Crippen LogP) is -0.141. The second kappa shape index (κ2) is 3.89. The van der Waals surface area contributed by atoms with Gasteiger partial charge in [-0.05, 0) is 18.6 Å². The Kier molecular flexibility index (Phi) is 2.84. The van der Waals surface area contributed by atoms with E-state index in [1.807, 2.05) is 0 Å². The summed E-state index contributed by atoms with van der Waals surface area (Å²) in [6.07, 6.45) is 2.73. The molecule has 68 valence electrons. The van der Waals surface area contributed by atoms with Gasteiger partial charge in [0.05, 0.1) is 5.92 Å². The lowest BCUT2D eigenvalue weighted by atomic mass is 9.98. The smallest absolute Gasteiger partial charge is 0.195 e. The molecule has 1 rings (SSSR count). The van der Waals surface area contributed by atoms with Crippen LogP contribution < -0.4 is 0 Å². The van der Waals surface area contributed by atoms with Gasteiger partial charge >= 0.3 is 0 Å². The van der Waals surface area contributed by atoms with E-state index < -0.39 is 11.7 Å². The van der Waals surface area contributed by atoms with Gasteiger partial charge < -0.3 is 0 Å². The van der Waals surface area contributed by atoms with E-state index in [-0.39, 0.29) is 30.7 Å². The van der Waals surface area contributed by atoms with Gasteiger partial charge in [-0.15, -0.1) is 0 Å². The first-order valence-corrected chi connectivity index (χ1v) is 3.89. The zero-order chi connectivity index (χ0) is 9.84. The molecule has 0 saturated heterocycles. The number of ketones is 3. The minimum absolute atomic E-state index is 0.0344. The van der Waals surface area contributed by atoms with Gasteiger partial charge in [-0.1, -0.05) is 0 Å². The summed E-state index contributed by atoms with van der Waals surface area (Å²) in [5.41, 5.74) is 0. The molecule has 0 aromatic carbocycles. The molecule has 0 aromatic heterocycles. The zero-order valence-corrected chi connectivity index (χ0v) is 6.86. The van der Waals surface area contributed by atoms with Crippen LogP contribution in [0, 0.1) is 5.92 Å². The van der Waals surface area contributed by atoms with Crippen LogP contribution in [0.5, 0.6) is 0 Å². The second-order valence-corrected chi connectivity index (χ2v) is 2.81. The molecule has 4 heteroatoms. The Labute approximate surface area is 74.6 Å². The molecule has 13 heavy (non-hydrogen) atoms. The van der Waals surface area contributed by atoms with Crippen LogP contribution in [0.3, 0.4) is 0 Å². The molecule has 0 heterocycles. The van der Waals surface area contributed by atoms with E-state index in [1.165, 1.54) is 12.2 Å². The summed E-state index contributed by atoms with van der Waals surface area (Å²) < 4.78 is 0. The standard InChI is InChI=1S/C9H8O4/c10-5-6(11)1-2-7-8(12)3-4-9(7)13/h3-5,7H,1-2H2. The molecule has 0 aliphatic heterocycles. The fourth-order valence-corrected chi connectivity index (χ4v) is 1.17. The third kappa shape index (κ3) is 2.18. The number of hydrogen-bond donors (Lipinski definition) is 0. The molecular formula is C9H8O4. The Morgan fingerprint density at radius 1 is 1.31 bits per heavy atom. The van der Waals surface area contributed by atoms with Gasteiger partial charge in [0.2, 0.25) is 0 Å². The highest BCUT2D eigenvalue weighted by atomic mass is 16.2. The number of Topliss-reactive ketones (excluding diaryl/α,β-unsaturated/α-hetero) is 1. The molecule has 1 aliphatic carbocycles. The van der Waals surface area contributed by atoms with Gasteiger partial charge in [0.15, 0.2) is 23.6 Å². The molecule has 4 nitrogen and oxygen atoms in total. The van der Waals surface area contributed by atoms with Crippen molar-refractivity contribution in [2.75, 3.05) is 0 Å². The van der Waals surface area contributed by atoms with Crippen molar-refractivity contribution in [3.63, 3.8) is 0 Å². The second-order valence-electron chi connectivity index (χ2n) is 2.81. The largest absolute Gasteiger partial charge is 0.295 e. The number of allylic oxidation sites excluding steroid dienone is 2. The van der Waals surface area contributed by atoms with Gasteiger partial charge in [0, 0.05) is 6.42 Å². The van der Waals surface area contributed by atoms with E-state index in [0.29, 0.717) is 0 Å². The summed E-state index contributed by atoms with van der Waals surface area (Å²) in [6, 6.07) is 0. The quantitative estimate of drug-likeness (QED) is 0.343. The van der Waals surface area contributed by atoms with Crippen LogP contribution in [0.1, 0.15) is 12.8 Å². The van der Waals surface area contributed by atoms with Crippen molar-refractivity contribution in [1.82, 2.24) is 0 Å². The number of aldehydes is 1. The van der Waals surface area contributed by atoms with E-state index in [2.05, 4.69) is 0 Å². The zero-order valence-electron chi connectivity index (χ0n) is 6.86. The van der Waals surface area contributed by atoms with Crippen LogP contribution >= 0.6 is 0 Å². The van der Waals surface area contributed by atoms with Crippen molar-refractivity contribution in [2.24, 2.45) is 5.92 Å². The van der Waals surface area contributed by atoms with E-state index in [4.69, 9.17) is 0 Å². The summed E-state index contributed by atoms with van der Waals surface area (Å²) in [5.74, 6) is -1.86. The van der Waals surface area contributed by atoms with Crippen molar-refractivity contribution < 1.29 is 19.2 Å². The van der Waals surface area contributed by atoms with Crippen LogP contribution in [0.4, 0.5) is 0 Å². The molecule has 0 aromatic rings. The van der Waals surface area contributed by atoms with Crippen molar-refractivity contribution in [3.05, 3.63) is 12.2 Å². The average Bonchev–Trinajstić information content (AvgIpc) is 2.43. The molecule has 0 bridgehead atoms. The lowest BCUT2D eigenvalue weighted by molar-refractivity contribution is -0.131. The SMILES string of the molecule is O=CC(=O)CCC1C(=O)C=CC1=O. The number of carbonyl (C=O) groups is 4. The maximum Gasteiger partial charge on any atom is 0.195 e. The van der Waals surface area contributed by atoms with E-state index >= 15 is 0 Å². The predicted molar refractivity (Wildman–Crippen MR) is 42.9 cm³/mol. The van der Waals surface area contributed by atoms with E-state index in [9.17, 15) is 19.2 Å². The molecular weight excluding hydrogens is 172 g/mol. The van der Waals surface area contributed by atoms with Gasteiger partial charge in [-0.25, -0.2) is 0 Å². The van der Waals surface area contributed by atoms with Crippen molar-refractivity contribution in [1.29, 1.82) is 0 Å². The van der Waals surface area contributed by atoms with Crippen molar-refractivity contribution in [3.8, 4) is 0 Å². The van der Waals surface area contributed by atoms with E-state index in [0.717, 1.165) is 0 Å². The van der Waals surface area contributed by atoms with Crippen molar-refractivity contribution in [2.45, 2.75) is 12.8 Å². The van der Waals surface area contributed by atoms with Crippen LogP contribution in [0.15, 0.2) is 12.2 Å². The molecule has 0 unspecified atom stereocenters. The highest BCUT2D eigenvalue weighted by Crippen LogP contribution is 2.16. The Morgan fingerprint density at radius 3 is 2.31 bits per heavy atom. The molecule has 0 saturated carbocycles. The van der Waals surface area contributed by atoms with E-state index in [1.54, 1.807) is 0 Å². The molecule has 0 fully saturated rings. The number of rotatable bonds is 4. The lowest BCUT2D eigenvalue weighted by Crippen LogP contribution is -2.17. The van der Waals surface area contributed by atoms with Gasteiger partial charge in [-0.2, -0.15) is 0 Å². The maximum absolute atomic E-state index is 11.0. The first-order chi connectivity index (χ1) is 6.15. The number of carbonyl (C=O) groups excluding carboxylic acids is 4. The summed E-state index contributed by atoms with van der Waals surface area (Å²) in [4.78, 5) is 42.5. The van der Waals surface area contributed by atoms with Gasteiger partial charge in [-0.3, -0.25) is 19.2 Å². The Bertz CT molecular complexity index is 283. The van der Waals surface area contributed by atoms with Crippen LogP contribution in [-0.2, 0) is 19.2 Å². The van der Waals surface area contributed by atoms with Crippen LogP contribution in [-0.4, -0.2) is 23.6 Å². The summed E-state index contributed by atoms with van der Waals surface area (Å²) in [5, 5.41) is 0. The normalized spacial score (nSPS) is 16.6. The number of hydrogen-bond acceptors (Lipinski definition) is 4. The summed E-state index contributed by atoms with van der Waals surface area (Å²) in [6.45, 7) is 0. The van der Waals surface area contributed by atoms with Gasteiger partial charge in [0.1, 0.15) is 0 Å². The molecule has 1 aliphatic rings. The van der Waals surface area contributed by atoms with Crippen LogP contribution in [0.2, 0.25) is 0 Å². The Balaban J connectivity index is 2.46. The Morgan fingerprint density at radius 2 is 1.85 bits per heavy atom. The minimum Gasteiger partial charge on any atom is -0.295 e. The first-order valence-electron chi connectivity index (χ1n) is 3.89. The van der Waals surface area contributed by atoms with Crippen LogP contribution in [0.25, 0.3) is 0 Å². The molecule has 0 radical (unpaired) electrons. The molecule has 0 spiro atoms. The fraction of sp³-hybridized carbons (Fsp3) is 0.333. The highest BCUT2D eigenvalue weighted by molar-refractivity contribution is 6.25. The molecule has 0 N–H and O–H groups in total. The minimum atomic E-state index is -0.733. The summed E-state index contributed by atoms with van der Waals surface area (Å²) >= 11 is 0. The average molecular weight is 180 g/mol. The maximum atomic E-state index is 11.0. The topological polar surface area (TPSA) is 68.3 Å². The molecule has 0 atom stereocenters. The third-order valence-electron chi connectivity index (χ3n) is 1.91. The summed E-state index contributed by atoms with van der Waals surface area (Å²) in [7, 11) is 0. The third-order valence-corrected chi connectivity index (χ3v) is 1.91. The lowest BCUT2D eigenvalue weighted by Gasteiger charge is -2.02. The first kappa shape index (κ1) is 9.51. The van der Waals surface area contributed by atoms with Gasteiger partial charge in [0.25, 0.3) is 0 Å². The Hall–Kier alpha value is -1.58.